The molecule has 2 aliphatic heterocycles. The number of carbonyl (C=O) groups excluding carboxylic acids is 5. The molecule has 0 saturated carbocycles. The predicted molar refractivity (Wildman–Crippen MR) is 197 cm³/mol. The monoisotopic (exact) mass is 728 g/mol. The lowest BCUT2D eigenvalue weighted by Gasteiger charge is -2.30. The van der Waals surface area contributed by atoms with Crippen molar-refractivity contribution in [2.24, 2.45) is 13.0 Å². The summed E-state index contributed by atoms with van der Waals surface area (Å²) in [7, 11) is 3.20. The third-order valence-electron chi connectivity index (χ3n) is 9.19. The van der Waals surface area contributed by atoms with Gasteiger partial charge in [0, 0.05) is 56.3 Å². The number of H-pyrrole nitrogens is 1. The number of nitrogens with one attached hydrogen (secondary N) is 5. The van der Waals surface area contributed by atoms with Gasteiger partial charge < -0.3 is 40.6 Å². The van der Waals surface area contributed by atoms with Crippen LogP contribution in [0.3, 0.4) is 0 Å². The standard InChI is InChI=1S/C38H48N8O7/c1-23(2)34-37(50)39-14-16-53-27-12-10-25(11-13-27)19-30(41-36(49)31-18-24(3)45(4)44-31)35(48)42-32(20-26-21-40-29-9-7-6-8-28(26)29)38(51)46(15-17-52-5)22-33(47)43-34/h6-13,18,21,23,30,32,34,40H,14-17,19-20,22H2,1-5H3,(H,39,50)(H,41,49)(H,42,48)(H,43,47)/t30-,32-,34-/m0/s1. The number of carbonyl (C=O) groups is 5. The molecule has 53 heavy (non-hydrogen) atoms. The molecule has 15 nitrogen and oxygen atoms in total. The van der Waals surface area contributed by atoms with Crippen LogP contribution in [0.25, 0.3) is 10.9 Å². The molecule has 282 valence electrons. The van der Waals surface area contributed by atoms with E-state index in [9.17, 15) is 24.0 Å². The van der Waals surface area contributed by atoms with Gasteiger partial charge in [-0.05, 0) is 48.2 Å². The van der Waals surface area contributed by atoms with E-state index in [0.717, 1.165) is 27.7 Å². The van der Waals surface area contributed by atoms with Crippen LogP contribution in [-0.2, 0) is 43.8 Å². The molecular weight excluding hydrogens is 680 g/mol. The zero-order valence-electron chi connectivity index (χ0n) is 30.7. The van der Waals surface area contributed by atoms with Crippen LogP contribution in [0.5, 0.6) is 5.75 Å². The van der Waals surface area contributed by atoms with E-state index >= 15 is 0 Å². The third kappa shape index (κ3) is 10.0. The number of nitrogens with zero attached hydrogens (tertiary/aromatic N) is 3. The van der Waals surface area contributed by atoms with Gasteiger partial charge in [0.2, 0.25) is 23.6 Å². The Hall–Kier alpha value is -5.70. The lowest BCUT2D eigenvalue weighted by Crippen LogP contribution is -2.58. The maximum Gasteiger partial charge on any atom is 0.272 e. The van der Waals surface area contributed by atoms with Crippen molar-refractivity contribution in [3.05, 3.63) is 83.3 Å². The Labute approximate surface area is 308 Å². The predicted octanol–water partition coefficient (Wildman–Crippen LogP) is 1.40. The highest BCUT2D eigenvalue weighted by molar-refractivity contribution is 5.98. The summed E-state index contributed by atoms with van der Waals surface area (Å²) >= 11 is 0. The molecule has 0 radical (unpaired) electrons. The van der Waals surface area contributed by atoms with E-state index in [1.165, 1.54) is 12.0 Å². The van der Waals surface area contributed by atoms with Gasteiger partial charge in [0.1, 0.15) is 36.2 Å². The Morgan fingerprint density at radius 3 is 2.51 bits per heavy atom. The van der Waals surface area contributed by atoms with Gasteiger partial charge in [-0.2, -0.15) is 5.10 Å². The molecule has 15 heteroatoms. The number of hydrogen-bond donors (Lipinski definition) is 5. The maximum atomic E-state index is 14.5. The average Bonchev–Trinajstić information content (AvgIpc) is 3.71. The molecule has 0 spiro atoms. The van der Waals surface area contributed by atoms with Crippen molar-refractivity contribution in [2.75, 3.05) is 40.0 Å². The summed E-state index contributed by atoms with van der Waals surface area (Å²) in [6.07, 6.45) is 1.94. The topological polar surface area (TPSA) is 189 Å². The van der Waals surface area contributed by atoms with Crippen LogP contribution in [0.15, 0.2) is 60.8 Å². The van der Waals surface area contributed by atoms with Crippen molar-refractivity contribution < 1.29 is 33.4 Å². The maximum absolute atomic E-state index is 14.5. The summed E-state index contributed by atoms with van der Waals surface area (Å²) in [4.78, 5) is 73.5. The van der Waals surface area contributed by atoms with E-state index in [2.05, 4.69) is 31.3 Å². The largest absolute Gasteiger partial charge is 0.492 e. The quantitative estimate of drug-likeness (QED) is 0.168. The second-order valence-electron chi connectivity index (χ2n) is 13.5. The van der Waals surface area contributed by atoms with Gasteiger partial charge in [-0.1, -0.05) is 44.2 Å². The lowest BCUT2D eigenvalue weighted by molar-refractivity contribution is -0.141. The van der Waals surface area contributed by atoms with E-state index in [1.54, 1.807) is 48.3 Å². The van der Waals surface area contributed by atoms with Crippen molar-refractivity contribution in [3.8, 4) is 5.75 Å². The number of para-hydroxylation sites is 1. The van der Waals surface area contributed by atoms with Crippen molar-refractivity contribution >= 4 is 40.4 Å². The number of hydrogen-bond acceptors (Lipinski definition) is 8. The minimum absolute atomic E-state index is 0.0322. The summed E-state index contributed by atoms with van der Waals surface area (Å²) in [6.45, 7) is 5.54. The zero-order valence-corrected chi connectivity index (χ0v) is 30.7. The number of aromatic nitrogens is 3. The highest BCUT2D eigenvalue weighted by Crippen LogP contribution is 2.20. The number of fused-ring (bicyclic) bond motifs is 18. The van der Waals surface area contributed by atoms with Crippen LogP contribution in [0.4, 0.5) is 0 Å². The molecule has 4 heterocycles. The van der Waals surface area contributed by atoms with Gasteiger partial charge in [0.05, 0.1) is 19.7 Å². The van der Waals surface area contributed by atoms with Crippen LogP contribution in [0, 0.1) is 12.8 Å². The van der Waals surface area contributed by atoms with Crippen LogP contribution in [-0.4, -0.2) is 107 Å². The van der Waals surface area contributed by atoms with Crippen molar-refractivity contribution in [1.82, 2.24) is 40.9 Å². The van der Waals surface area contributed by atoms with Gasteiger partial charge in [-0.3, -0.25) is 28.7 Å². The molecule has 2 aromatic heterocycles. The molecule has 0 aliphatic carbocycles. The zero-order chi connectivity index (χ0) is 38.1. The molecular formula is C38H48N8O7. The number of amides is 5. The van der Waals surface area contributed by atoms with Crippen LogP contribution in [0.2, 0.25) is 0 Å². The van der Waals surface area contributed by atoms with E-state index in [1.807, 2.05) is 45.0 Å². The normalized spacial score (nSPS) is 19.4. The first-order valence-electron chi connectivity index (χ1n) is 17.7. The van der Waals surface area contributed by atoms with Gasteiger partial charge in [-0.15, -0.1) is 0 Å². The SMILES string of the molecule is COCCN1CC(=O)N[C@@H](C(C)C)C(=O)NCCOc2ccc(cc2)C[C@H](NC(=O)c2cc(C)n(C)n2)C(=O)N[C@@H](Cc2c[nH]c3ccccc23)C1=O. The average molecular weight is 729 g/mol. The Kier molecular flexibility index (Phi) is 12.9. The first kappa shape index (κ1) is 38.5. The van der Waals surface area contributed by atoms with Crippen molar-refractivity contribution in [1.29, 1.82) is 0 Å². The molecule has 0 unspecified atom stereocenters. The summed E-state index contributed by atoms with van der Waals surface area (Å²) in [6, 6.07) is 13.1. The van der Waals surface area contributed by atoms with Crippen LogP contribution >= 0.6 is 0 Å². The van der Waals surface area contributed by atoms with Gasteiger partial charge in [0.15, 0.2) is 0 Å². The van der Waals surface area contributed by atoms with Crippen molar-refractivity contribution in [2.45, 2.75) is 51.7 Å². The van der Waals surface area contributed by atoms with Gasteiger partial charge in [-0.25, -0.2) is 0 Å². The Morgan fingerprint density at radius 1 is 1.06 bits per heavy atom. The summed E-state index contributed by atoms with van der Waals surface area (Å²) in [5, 5.41) is 16.5. The fourth-order valence-corrected chi connectivity index (χ4v) is 6.13. The number of methoxy groups -OCH3 is 1. The molecule has 6 rings (SSSR count). The number of benzene rings is 2. The molecule has 0 saturated heterocycles. The highest BCUT2D eigenvalue weighted by Gasteiger charge is 2.33. The molecule has 2 aromatic carbocycles. The second-order valence-corrected chi connectivity index (χ2v) is 13.5. The minimum Gasteiger partial charge on any atom is -0.492 e. The van der Waals surface area contributed by atoms with E-state index in [0.29, 0.717) is 5.75 Å². The van der Waals surface area contributed by atoms with Crippen LogP contribution < -0.4 is 26.0 Å². The Balaban J connectivity index is 1.52. The van der Waals surface area contributed by atoms with E-state index < -0.39 is 48.3 Å². The van der Waals surface area contributed by atoms with E-state index in [-0.39, 0.29) is 56.7 Å². The highest BCUT2D eigenvalue weighted by atomic mass is 16.5. The summed E-state index contributed by atoms with van der Waals surface area (Å²) in [5.74, 6) is -2.35. The fraction of sp³-hybridized carbons (Fsp3) is 0.421. The number of aryl methyl sites for hydroxylation is 2. The molecule has 2 bridgehead atoms. The Bertz CT molecular complexity index is 1900. The number of rotatable bonds is 8. The molecule has 5 amide bonds. The number of ether oxygens (including phenoxy) is 2. The Morgan fingerprint density at radius 2 is 1.81 bits per heavy atom. The van der Waals surface area contributed by atoms with Crippen molar-refractivity contribution in [3.63, 3.8) is 0 Å². The lowest BCUT2D eigenvalue weighted by atomic mass is 10.0. The minimum atomic E-state index is -1.16. The van der Waals surface area contributed by atoms with Gasteiger partial charge in [0.25, 0.3) is 5.91 Å². The third-order valence-corrected chi connectivity index (χ3v) is 9.19. The fourth-order valence-electron chi connectivity index (χ4n) is 6.13. The molecule has 4 aromatic rings. The first-order chi connectivity index (χ1) is 25.4. The molecule has 3 atom stereocenters. The first-order valence-corrected chi connectivity index (χ1v) is 17.7. The molecule has 2 aliphatic rings. The second kappa shape index (κ2) is 17.7. The smallest absolute Gasteiger partial charge is 0.272 e. The van der Waals surface area contributed by atoms with E-state index in [4.69, 9.17) is 9.47 Å². The number of aromatic amines is 1. The molecule has 0 fully saturated rings. The summed E-state index contributed by atoms with van der Waals surface area (Å²) in [5.41, 5.74) is 3.24. The summed E-state index contributed by atoms with van der Waals surface area (Å²) < 4.78 is 12.7. The van der Waals surface area contributed by atoms with Gasteiger partial charge >= 0.3 is 0 Å². The molecule has 5 N–H and O–H groups in total. The van der Waals surface area contributed by atoms with Crippen LogP contribution in [0.1, 0.15) is 41.2 Å².